The highest BCUT2D eigenvalue weighted by Gasteiger charge is 2.45. The van der Waals surface area contributed by atoms with Crippen molar-refractivity contribution in [1.29, 1.82) is 0 Å². The molecule has 1 aromatic heterocycles. The zero-order chi connectivity index (χ0) is 21.3. The van der Waals surface area contributed by atoms with Gasteiger partial charge in [-0.2, -0.15) is 10.0 Å². The number of rotatable bonds is 5. The second-order valence-electron chi connectivity index (χ2n) is 7.84. The largest absolute Gasteiger partial charge is 0.480 e. The number of para-hydroxylation sites is 1. The van der Waals surface area contributed by atoms with Crippen LogP contribution in [0.4, 0.5) is 4.79 Å². The standard InChI is InChI=1S/C20H23N3O6/c1-20(2,3)29-19(28)22(23-16(24)8-9-17(23)25)15(18(26)27)10-12-11-21-14-7-5-4-6-13(12)14/h4-7,11,15,21H,8-10H2,1-3H3,(H,26,27). The number of hydrogen-bond acceptors (Lipinski definition) is 5. The maximum Gasteiger partial charge on any atom is 0.430 e. The summed E-state index contributed by atoms with van der Waals surface area (Å²) >= 11 is 0. The van der Waals surface area contributed by atoms with Crippen LogP contribution in [0, 0.1) is 0 Å². The van der Waals surface area contributed by atoms with Gasteiger partial charge in [0.05, 0.1) is 0 Å². The third-order valence-electron chi connectivity index (χ3n) is 4.49. The zero-order valence-electron chi connectivity index (χ0n) is 16.5. The zero-order valence-corrected chi connectivity index (χ0v) is 16.5. The highest BCUT2D eigenvalue weighted by molar-refractivity contribution is 6.03. The topological polar surface area (TPSA) is 120 Å². The predicted molar refractivity (Wildman–Crippen MR) is 103 cm³/mol. The van der Waals surface area contributed by atoms with E-state index in [-0.39, 0.29) is 19.3 Å². The van der Waals surface area contributed by atoms with Gasteiger partial charge in [0.2, 0.25) is 11.8 Å². The van der Waals surface area contributed by atoms with Crippen LogP contribution in [-0.2, 0) is 25.5 Å². The van der Waals surface area contributed by atoms with Gasteiger partial charge < -0.3 is 14.8 Å². The molecule has 2 heterocycles. The molecule has 9 heteroatoms. The number of aromatic amines is 1. The van der Waals surface area contributed by atoms with Crippen LogP contribution < -0.4 is 0 Å². The number of carbonyl (C=O) groups is 4. The lowest BCUT2D eigenvalue weighted by Crippen LogP contribution is -2.58. The summed E-state index contributed by atoms with van der Waals surface area (Å²) in [5.74, 6) is -2.62. The number of benzene rings is 1. The number of carboxylic acid groups (broad SMARTS) is 1. The van der Waals surface area contributed by atoms with E-state index in [0.717, 1.165) is 10.9 Å². The van der Waals surface area contributed by atoms with Crippen LogP contribution in [0.1, 0.15) is 39.2 Å². The minimum absolute atomic E-state index is 0.0858. The number of aliphatic carboxylic acids is 1. The summed E-state index contributed by atoms with van der Waals surface area (Å²) in [7, 11) is 0. The van der Waals surface area contributed by atoms with Gasteiger partial charge in [-0.1, -0.05) is 18.2 Å². The smallest absolute Gasteiger partial charge is 0.430 e. The lowest BCUT2D eigenvalue weighted by atomic mass is 10.0. The van der Waals surface area contributed by atoms with E-state index in [1.807, 2.05) is 24.3 Å². The van der Waals surface area contributed by atoms with Crippen LogP contribution in [0.2, 0.25) is 0 Å². The van der Waals surface area contributed by atoms with Crippen molar-refractivity contribution in [3.63, 3.8) is 0 Å². The van der Waals surface area contributed by atoms with Gasteiger partial charge in [0.15, 0.2) is 6.04 Å². The van der Waals surface area contributed by atoms with Crippen LogP contribution in [-0.4, -0.2) is 55.6 Å². The number of H-pyrrole nitrogens is 1. The van der Waals surface area contributed by atoms with E-state index in [1.54, 1.807) is 27.0 Å². The van der Waals surface area contributed by atoms with Crippen molar-refractivity contribution in [2.24, 2.45) is 0 Å². The Morgan fingerprint density at radius 2 is 1.83 bits per heavy atom. The number of hydrazine groups is 1. The van der Waals surface area contributed by atoms with Crippen LogP contribution in [0.25, 0.3) is 10.9 Å². The lowest BCUT2D eigenvalue weighted by Gasteiger charge is -2.35. The molecule has 1 saturated heterocycles. The molecule has 1 fully saturated rings. The summed E-state index contributed by atoms with van der Waals surface area (Å²) < 4.78 is 5.32. The second kappa shape index (κ2) is 7.57. The fourth-order valence-electron chi connectivity index (χ4n) is 3.25. The Bertz CT molecular complexity index is 958. The molecule has 1 aliphatic rings. The molecule has 2 N–H and O–H groups in total. The van der Waals surface area contributed by atoms with Crippen LogP contribution >= 0.6 is 0 Å². The normalized spacial score (nSPS) is 15.6. The summed E-state index contributed by atoms with van der Waals surface area (Å²) in [5, 5.41) is 11.9. The van der Waals surface area contributed by atoms with E-state index >= 15 is 0 Å². The number of nitrogens with one attached hydrogen (secondary N) is 1. The number of hydrogen-bond donors (Lipinski definition) is 2. The summed E-state index contributed by atoms with van der Waals surface area (Å²) in [6.07, 6.45) is 0.306. The first-order valence-electron chi connectivity index (χ1n) is 9.24. The molecule has 0 aliphatic carbocycles. The average Bonchev–Trinajstić information content (AvgIpc) is 3.17. The predicted octanol–water partition coefficient (Wildman–Crippen LogP) is 2.46. The highest BCUT2D eigenvalue weighted by Crippen LogP contribution is 2.25. The van der Waals surface area contributed by atoms with E-state index in [1.165, 1.54) is 0 Å². The monoisotopic (exact) mass is 401 g/mol. The molecule has 1 aliphatic heterocycles. The van der Waals surface area contributed by atoms with Crippen molar-refractivity contribution >= 4 is 34.8 Å². The number of ether oxygens (including phenoxy) is 1. The quantitative estimate of drug-likeness (QED) is 0.743. The summed E-state index contributed by atoms with van der Waals surface area (Å²) in [5.41, 5.74) is 0.509. The van der Waals surface area contributed by atoms with E-state index in [9.17, 15) is 24.3 Å². The van der Waals surface area contributed by atoms with E-state index in [2.05, 4.69) is 4.98 Å². The van der Waals surface area contributed by atoms with E-state index in [0.29, 0.717) is 15.6 Å². The molecule has 0 radical (unpaired) electrons. The number of fused-ring (bicyclic) bond motifs is 1. The van der Waals surface area contributed by atoms with Crippen molar-refractivity contribution in [3.8, 4) is 0 Å². The Hall–Kier alpha value is -3.36. The maximum atomic E-state index is 12.9. The molecule has 0 spiro atoms. The summed E-state index contributed by atoms with van der Waals surface area (Å²) in [4.78, 5) is 52.6. The fraction of sp³-hybridized carbons (Fsp3) is 0.400. The Morgan fingerprint density at radius 3 is 2.41 bits per heavy atom. The minimum Gasteiger partial charge on any atom is -0.480 e. The van der Waals surface area contributed by atoms with Gasteiger partial charge in [0, 0.05) is 36.4 Å². The number of aromatic nitrogens is 1. The molecule has 29 heavy (non-hydrogen) atoms. The number of carbonyl (C=O) groups excluding carboxylic acids is 3. The molecule has 1 unspecified atom stereocenters. The van der Waals surface area contributed by atoms with Gasteiger partial charge in [-0.3, -0.25) is 9.59 Å². The third kappa shape index (κ3) is 4.23. The Balaban J connectivity index is 2.02. The lowest BCUT2D eigenvalue weighted by molar-refractivity contribution is -0.166. The number of imide groups is 1. The molecule has 1 atom stereocenters. The molecule has 1 aromatic carbocycles. The SMILES string of the molecule is CC(C)(C)OC(=O)N(C(Cc1c[nH]c2ccccc12)C(=O)O)N1C(=O)CCC1=O. The van der Waals surface area contributed by atoms with Crippen molar-refractivity contribution in [2.75, 3.05) is 0 Å². The van der Waals surface area contributed by atoms with Crippen molar-refractivity contribution in [1.82, 2.24) is 15.0 Å². The number of carboxylic acids is 1. The highest BCUT2D eigenvalue weighted by atomic mass is 16.6. The van der Waals surface area contributed by atoms with Crippen LogP contribution in [0.15, 0.2) is 30.5 Å². The van der Waals surface area contributed by atoms with E-state index in [4.69, 9.17) is 4.74 Å². The summed E-state index contributed by atoms with van der Waals surface area (Å²) in [6, 6.07) is 5.81. The van der Waals surface area contributed by atoms with Gasteiger partial charge in [-0.05, 0) is 32.4 Å². The van der Waals surface area contributed by atoms with Gasteiger partial charge in [-0.15, -0.1) is 0 Å². The fourth-order valence-corrected chi connectivity index (χ4v) is 3.25. The first kappa shape index (κ1) is 20.4. The first-order chi connectivity index (χ1) is 13.6. The van der Waals surface area contributed by atoms with Crippen molar-refractivity contribution in [3.05, 3.63) is 36.0 Å². The van der Waals surface area contributed by atoms with Crippen molar-refractivity contribution in [2.45, 2.75) is 51.7 Å². The Labute approximate surface area is 167 Å². The Kier molecular flexibility index (Phi) is 5.32. The minimum atomic E-state index is -1.50. The molecular formula is C20H23N3O6. The van der Waals surface area contributed by atoms with Crippen molar-refractivity contribution < 1.29 is 29.0 Å². The molecule has 0 saturated carbocycles. The maximum absolute atomic E-state index is 12.9. The molecular weight excluding hydrogens is 378 g/mol. The molecule has 3 rings (SSSR count). The molecule has 9 nitrogen and oxygen atoms in total. The number of nitrogens with zero attached hydrogens (tertiary/aromatic N) is 2. The molecule has 2 aromatic rings. The van der Waals surface area contributed by atoms with Gasteiger partial charge in [0.1, 0.15) is 5.60 Å². The molecule has 0 bridgehead atoms. The van der Waals surface area contributed by atoms with E-state index < -0.39 is 35.5 Å². The van der Waals surface area contributed by atoms with Crippen LogP contribution in [0.5, 0.6) is 0 Å². The van der Waals surface area contributed by atoms with Crippen LogP contribution in [0.3, 0.4) is 0 Å². The summed E-state index contributed by atoms with van der Waals surface area (Å²) in [6.45, 7) is 4.85. The molecule has 154 valence electrons. The second-order valence-corrected chi connectivity index (χ2v) is 7.84. The molecule has 3 amide bonds. The van der Waals surface area contributed by atoms with Gasteiger partial charge in [-0.25, -0.2) is 9.59 Å². The first-order valence-corrected chi connectivity index (χ1v) is 9.24. The Morgan fingerprint density at radius 1 is 1.21 bits per heavy atom. The van der Waals surface area contributed by atoms with Gasteiger partial charge >= 0.3 is 12.1 Å². The van der Waals surface area contributed by atoms with Gasteiger partial charge in [0.25, 0.3) is 0 Å². The average molecular weight is 401 g/mol. The third-order valence-corrected chi connectivity index (χ3v) is 4.49. The number of amides is 3.